The van der Waals surface area contributed by atoms with Gasteiger partial charge in [0, 0.05) is 38.6 Å². The van der Waals surface area contributed by atoms with E-state index in [0.29, 0.717) is 30.0 Å². The maximum atomic E-state index is 13.1. The molecule has 1 N–H and O–H groups in total. The Kier molecular flexibility index (Phi) is 7.38. The number of rotatable bonds is 7. The summed E-state index contributed by atoms with van der Waals surface area (Å²) in [5, 5.41) is 8.14. The lowest BCUT2D eigenvalue weighted by molar-refractivity contribution is 0.0525. The number of hydrogen-bond acceptors (Lipinski definition) is 5. The highest BCUT2D eigenvalue weighted by molar-refractivity contribution is 6.06. The van der Waals surface area contributed by atoms with Gasteiger partial charge in [-0.25, -0.2) is 4.79 Å². The summed E-state index contributed by atoms with van der Waals surface area (Å²) in [5.74, 6) is -0.703. The molecule has 0 bridgehead atoms. The van der Waals surface area contributed by atoms with Crippen molar-refractivity contribution >= 4 is 28.7 Å². The molecule has 8 heteroatoms. The van der Waals surface area contributed by atoms with Crippen molar-refractivity contribution in [1.29, 1.82) is 0 Å². The number of esters is 1. The molecule has 0 saturated carbocycles. The van der Waals surface area contributed by atoms with E-state index in [2.05, 4.69) is 10.4 Å². The summed E-state index contributed by atoms with van der Waals surface area (Å²) in [4.78, 5) is 38.9. The number of ether oxygens (including phenoxy) is 1. The molecule has 3 aromatic carbocycles. The second-order valence-corrected chi connectivity index (χ2v) is 9.03. The summed E-state index contributed by atoms with van der Waals surface area (Å²) >= 11 is 0. The van der Waals surface area contributed by atoms with Gasteiger partial charge in [0.2, 0.25) is 0 Å². The van der Waals surface area contributed by atoms with E-state index in [0.717, 1.165) is 33.2 Å². The van der Waals surface area contributed by atoms with E-state index in [4.69, 9.17) is 4.74 Å². The van der Waals surface area contributed by atoms with Crippen LogP contribution in [0.3, 0.4) is 0 Å². The Labute approximate surface area is 215 Å². The Morgan fingerprint density at radius 1 is 0.973 bits per heavy atom. The number of carbonyl (C=O) groups excluding carboxylic acids is 3. The van der Waals surface area contributed by atoms with Crippen LogP contribution in [-0.4, -0.2) is 53.2 Å². The molecule has 0 fully saturated rings. The van der Waals surface area contributed by atoms with Crippen molar-refractivity contribution in [2.75, 3.05) is 20.7 Å². The molecule has 1 aromatic heterocycles. The van der Waals surface area contributed by atoms with E-state index >= 15 is 0 Å². The fourth-order valence-electron chi connectivity index (χ4n) is 4.22. The van der Waals surface area contributed by atoms with Gasteiger partial charge in [-0.15, -0.1) is 0 Å². The first-order valence-corrected chi connectivity index (χ1v) is 12.0. The van der Waals surface area contributed by atoms with Crippen LogP contribution in [-0.2, 0) is 18.3 Å². The molecule has 0 unspecified atom stereocenters. The van der Waals surface area contributed by atoms with Crippen molar-refractivity contribution < 1.29 is 19.1 Å². The Bertz CT molecular complexity index is 1490. The van der Waals surface area contributed by atoms with Crippen LogP contribution in [0.1, 0.15) is 49.3 Å². The molecule has 2 amide bonds. The Morgan fingerprint density at radius 3 is 2.32 bits per heavy atom. The highest BCUT2D eigenvalue weighted by Gasteiger charge is 2.18. The average Bonchev–Trinajstić information content (AvgIpc) is 3.22. The Balaban J connectivity index is 1.55. The van der Waals surface area contributed by atoms with Crippen molar-refractivity contribution in [2.45, 2.75) is 20.4 Å². The van der Waals surface area contributed by atoms with Crippen LogP contribution < -0.4 is 5.32 Å². The van der Waals surface area contributed by atoms with Crippen LogP contribution in [0, 0.1) is 6.92 Å². The number of nitrogens with zero attached hydrogens (tertiary/aromatic N) is 3. The molecular weight excluding hydrogens is 468 g/mol. The van der Waals surface area contributed by atoms with Crippen molar-refractivity contribution in [2.24, 2.45) is 7.05 Å². The molecule has 0 aliphatic rings. The van der Waals surface area contributed by atoms with Gasteiger partial charge in [0.25, 0.3) is 11.8 Å². The highest BCUT2D eigenvalue weighted by atomic mass is 16.5. The van der Waals surface area contributed by atoms with Gasteiger partial charge >= 0.3 is 5.97 Å². The van der Waals surface area contributed by atoms with Gasteiger partial charge in [0.1, 0.15) is 0 Å². The van der Waals surface area contributed by atoms with Crippen LogP contribution in [0.25, 0.3) is 22.0 Å². The van der Waals surface area contributed by atoms with Gasteiger partial charge in [-0.2, -0.15) is 5.10 Å². The van der Waals surface area contributed by atoms with E-state index in [1.165, 1.54) is 4.90 Å². The molecule has 8 nitrogen and oxygen atoms in total. The van der Waals surface area contributed by atoms with Crippen LogP contribution in [0.4, 0.5) is 0 Å². The minimum absolute atomic E-state index is 0.0565. The van der Waals surface area contributed by atoms with Gasteiger partial charge in [0.05, 0.1) is 17.7 Å². The topological polar surface area (TPSA) is 93.5 Å². The van der Waals surface area contributed by atoms with Crippen LogP contribution in [0.5, 0.6) is 0 Å². The van der Waals surface area contributed by atoms with E-state index in [9.17, 15) is 14.4 Å². The standard InChI is InChI=1S/C29H30N4O4/c1-6-37-29(36)23-13-7-19(15-18(23)2)17-30-27(34)26-24-16-22(12-14-25(24)33(5)31-26)20-8-10-21(11-9-20)28(35)32(3)4/h7-16H,6,17H2,1-5H3,(H,30,34). The maximum Gasteiger partial charge on any atom is 0.338 e. The quantitative estimate of drug-likeness (QED) is 0.382. The van der Waals surface area contributed by atoms with E-state index in [-0.39, 0.29) is 17.8 Å². The fourth-order valence-corrected chi connectivity index (χ4v) is 4.22. The molecule has 37 heavy (non-hydrogen) atoms. The van der Waals surface area contributed by atoms with Crippen LogP contribution in [0.15, 0.2) is 60.7 Å². The third kappa shape index (κ3) is 5.38. The smallest absolute Gasteiger partial charge is 0.338 e. The minimum Gasteiger partial charge on any atom is -0.462 e. The summed E-state index contributed by atoms with van der Waals surface area (Å²) in [5.41, 5.74) is 5.81. The molecule has 1 heterocycles. The van der Waals surface area contributed by atoms with Crippen molar-refractivity contribution in [3.05, 3.63) is 88.6 Å². The summed E-state index contributed by atoms with van der Waals surface area (Å²) in [6.45, 7) is 4.22. The van der Waals surface area contributed by atoms with Crippen LogP contribution >= 0.6 is 0 Å². The Hall–Kier alpha value is -4.46. The van der Waals surface area contributed by atoms with Gasteiger partial charge in [0.15, 0.2) is 5.69 Å². The number of benzene rings is 3. The lowest BCUT2D eigenvalue weighted by atomic mass is 10.0. The molecule has 190 valence electrons. The molecule has 4 aromatic rings. The highest BCUT2D eigenvalue weighted by Crippen LogP contribution is 2.27. The van der Waals surface area contributed by atoms with Crippen LogP contribution in [0.2, 0.25) is 0 Å². The second kappa shape index (κ2) is 10.7. The zero-order chi connectivity index (χ0) is 26.7. The molecule has 0 saturated heterocycles. The normalized spacial score (nSPS) is 10.8. The second-order valence-electron chi connectivity index (χ2n) is 9.03. The largest absolute Gasteiger partial charge is 0.462 e. The molecule has 0 aliphatic carbocycles. The first kappa shape index (κ1) is 25.6. The SMILES string of the molecule is CCOC(=O)c1ccc(CNC(=O)c2nn(C)c3ccc(-c4ccc(C(=O)N(C)C)cc4)cc23)cc1C. The molecule has 0 spiro atoms. The molecule has 0 aliphatic heterocycles. The fraction of sp³-hybridized carbons (Fsp3) is 0.241. The van der Waals surface area contributed by atoms with Gasteiger partial charge in [-0.3, -0.25) is 14.3 Å². The zero-order valence-corrected chi connectivity index (χ0v) is 21.7. The predicted molar refractivity (Wildman–Crippen MR) is 142 cm³/mol. The molecule has 4 rings (SSSR count). The maximum absolute atomic E-state index is 13.1. The first-order chi connectivity index (χ1) is 17.7. The third-order valence-electron chi connectivity index (χ3n) is 6.18. The average molecular weight is 499 g/mol. The van der Waals surface area contributed by atoms with Crippen molar-refractivity contribution in [1.82, 2.24) is 20.0 Å². The first-order valence-electron chi connectivity index (χ1n) is 12.0. The number of aromatic nitrogens is 2. The molecular formula is C29H30N4O4. The predicted octanol–water partition coefficient (Wildman–Crippen LogP) is 4.36. The van der Waals surface area contributed by atoms with E-state index < -0.39 is 0 Å². The van der Waals surface area contributed by atoms with Crippen molar-refractivity contribution in [3.8, 4) is 11.1 Å². The third-order valence-corrected chi connectivity index (χ3v) is 6.18. The zero-order valence-electron chi connectivity index (χ0n) is 21.7. The monoisotopic (exact) mass is 498 g/mol. The lowest BCUT2D eigenvalue weighted by Gasteiger charge is -2.11. The van der Waals surface area contributed by atoms with E-state index in [1.807, 2.05) is 43.3 Å². The number of nitrogens with one attached hydrogen (secondary N) is 1. The number of hydrogen-bond donors (Lipinski definition) is 1. The van der Waals surface area contributed by atoms with E-state index in [1.54, 1.807) is 57.0 Å². The molecule has 0 atom stereocenters. The van der Waals surface area contributed by atoms with Gasteiger partial charge in [-0.05, 0) is 66.4 Å². The molecule has 0 radical (unpaired) electrons. The number of aryl methyl sites for hydroxylation is 2. The van der Waals surface area contributed by atoms with Crippen molar-refractivity contribution in [3.63, 3.8) is 0 Å². The van der Waals surface area contributed by atoms with Gasteiger partial charge < -0.3 is 15.0 Å². The summed E-state index contributed by atoms with van der Waals surface area (Å²) in [7, 11) is 5.25. The Morgan fingerprint density at radius 2 is 1.68 bits per heavy atom. The minimum atomic E-state index is -0.356. The lowest BCUT2D eigenvalue weighted by Crippen LogP contribution is -2.23. The van der Waals surface area contributed by atoms with Gasteiger partial charge in [-0.1, -0.05) is 30.3 Å². The summed E-state index contributed by atoms with van der Waals surface area (Å²) in [6.07, 6.45) is 0. The summed E-state index contributed by atoms with van der Waals surface area (Å²) < 4.78 is 6.76. The number of carbonyl (C=O) groups is 3. The number of fused-ring (bicyclic) bond motifs is 1. The number of amides is 2. The summed E-state index contributed by atoms with van der Waals surface area (Å²) in [6, 6.07) is 18.6.